The first-order chi connectivity index (χ1) is 15.5. The molecule has 0 spiro atoms. The Morgan fingerprint density at radius 2 is 1.94 bits per heavy atom. The van der Waals surface area contributed by atoms with Crippen LogP contribution in [0.15, 0.2) is 53.7 Å². The molecule has 2 aromatic heterocycles. The van der Waals surface area contributed by atoms with Crippen molar-refractivity contribution in [3.63, 3.8) is 0 Å². The largest absolute Gasteiger partial charge is 0.395 e. The Labute approximate surface area is 192 Å². The van der Waals surface area contributed by atoms with Gasteiger partial charge in [-0.25, -0.2) is 15.0 Å². The van der Waals surface area contributed by atoms with E-state index in [1.807, 2.05) is 54.4 Å². The van der Waals surface area contributed by atoms with E-state index in [1.165, 1.54) is 11.9 Å². The highest BCUT2D eigenvalue weighted by atomic mass is 32.2. The molecule has 0 saturated heterocycles. The van der Waals surface area contributed by atoms with Crippen molar-refractivity contribution in [2.24, 2.45) is 0 Å². The number of aliphatic hydroxyl groups excluding tert-OH is 1. The number of anilines is 3. The van der Waals surface area contributed by atoms with Crippen LogP contribution in [0.25, 0.3) is 11.4 Å². The fourth-order valence-electron chi connectivity index (χ4n) is 2.96. The summed E-state index contributed by atoms with van der Waals surface area (Å²) in [6.07, 6.45) is 1.75. The van der Waals surface area contributed by atoms with Gasteiger partial charge in [-0.15, -0.1) is 0 Å². The van der Waals surface area contributed by atoms with Crippen LogP contribution >= 0.6 is 11.9 Å². The molecular weight excluding hydrogens is 424 g/mol. The highest BCUT2D eigenvalue weighted by Gasteiger charge is 2.15. The van der Waals surface area contributed by atoms with Crippen LogP contribution < -0.4 is 15.8 Å². The molecule has 6 N–H and O–H groups in total. The van der Waals surface area contributed by atoms with Gasteiger partial charge in [-0.3, -0.25) is 0 Å². The maximum Gasteiger partial charge on any atom is 0.163 e. The van der Waals surface area contributed by atoms with Gasteiger partial charge in [0.05, 0.1) is 12.2 Å². The summed E-state index contributed by atoms with van der Waals surface area (Å²) in [5.74, 6) is 1.29. The van der Waals surface area contributed by atoms with Crippen LogP contribution in [-0.4, -0.2) is 64.0 Å². The SMILES string of the molecule is CC(=N)c1c(N)nc(-c2ccc(NSc3ccccn3)cc2)nc1NCCN(C)CCO. The number of nitrogens with zero attached hydrogens (tertiary/aromatic N) is 4. The third-order valence-corrected chi connectivity index (χ3v) is 5.42. The lowest BCUT2D eigenvalue weighted by molar-refractivity contribution is 0.225. The summed E-state index contributed by atoms with van der Waals surface area (Å²) in [6, 6.07) is 13.5. The van der Waals surface area contributed by atoms with Gasteiger partial charge in [0.15, 0.2) is 5.82 Å². The molecular formula is C22H28N8OS. The van der Waals surface area contributed by atoms with E-state index in [-0.39, 0.29) is 12.4 Å². The average molecular weight is 453 g/mol. The predicted molar refractivity (Wildman–Crippen MR) is 131 cm³/mol. The van der Waals surface area contributed by atoms with Crippen molar-refractivity contribution in [3.05, 3.63) is 54.2 Å². The van der Waals surface area contributed by atoms with Gasteiger partial charge in [-0.05, 0) is 50.4 Å². The zero-order chi connectivity index (χ0) is 22.9. The third-order valence-electron chi connectivity index (χ3n) is 4.63. The molecule has 0 radical (unpaired) electrons. The molecule has 0 saturated carbocycles. The van der Waals surface area contributed by atoms with E-state index in [9.17, 15) is 0 Å². The number of nitrogens with one attached hydrogen (secondary N) is 3. The summed E-state index contributed by atoms with van der Waals surface area (Å²) in [7, 11) is 1.93. The average Bonchev–Trinajstić information content (AvgIpc) is 2.78. The fourth-order valence-corrected chi connectivity index (χ4v) is 3.58. The second kappa shape index (κ2) is 11.4. The first-order valence-corrected chi connectivity index (χ1v) is 11.0. The Balaban J connectivity index is 1.74. The van der Waals surface area contributed by atoms with Crippen LogP contribution in [0.4, 0.5) is 17.3 Å². The lowest BCUT2D eigenvalue weighted by atomic mass is 10.1. The number of rotatable bonds is 11. The number of nitrogen functional groups attached to an aromatic ring is 1. The Morgan fingerprint density at radius 1 is 1.16 bits per heavy atom. The summed E-state index contributed by atoms with van der Waals surface area (Å²) >= 11 is 1.43. The van der Waals surface area contributed by atoms with Crippen LogP contribution in [0.1, 0.15) is 12.5 Å². The lowest BCUT2D eigenvalue weighted by Crippen LogP contribution is -2.28. The number of pyridine rings is 1. The summed E-state index contributed by atoms with van der Waals surface area (Å²) in [6.45, 7) is 3.67. The maximum absolute atomic E-state index is 9.04. The summed E-state index contributed by atoms with van der Waals surface area (Å²) < 4.78 is 3.26. The minimum absolute atomic E-state index is 0.108. The number of aromatic nitrogens is 3. The highest BCUT2D eigenvalue weighted by Crippen LogP contribution is 2.26. The minimum atomic E-state index is 0.108. The molecule has 0 aliphatic rings. The van der Waals surface area contributed by atoms with Crippen LogP contribution in [0.5, 0.6) is 0 Å². The quantitative estimate of drug-likeness (QED) is 0.220. The molecule has 1 aromatic carbocycles. The number of nitrogens with two attached hydrogens (primary N) is 1. The van der Waals surface area contributed by atoms with Crippen molar-refractivity contribution in [3.8, 4) is 11.4 Å². The van der Waals surface area contributed by atoms with Gasteiger partial charge >= 0.3 is 0 Å². The Kier molecular flexibility index (Phi) is 8.37. The van der Waals surface area contributed by atoms with Crippen LogP contribution in [-0.2, 0) is 0 Å². The number of hydrogen-bond acceptors (Lipinski definition) is 10. The Hall–Kier alpha value is -3.21. The molecule has 0 unspecified atom stereocenters. The summed E-state index contributed by atoms with van der Waals surface area (Å²) in [5.41, 5.74) is 8.73. The lowest BCUT2D eigenvalue weighted by Gasteiger charge is -2.18. The third kappa shape index (κ3) is 6.39. The molecule has 0 aliphatic heterocycles. The molecule has 0 amide bonds. The van der Waals surface area contributed by atoms with Crippen molar-refractivity contribution < 1.29 is 5.11 Å². The topological polar surface area (TPSA) is 136 Å². The van der Waals surface area contributed by atoms with E-state index in [0.717, 1.165) is 16.3 Å². The van der Waals surface area contributed by atoms with Gasteiger partial charge in [0, 0.05) is 54.7 Å². The number of aliphatic hydroxyl groups is 1. The second-order valence-corrected chi connectivity index (χ2v) is 8.01. The molecule has 9 nitrogen and oxygen atoms in total. The fraction of sp³-hybridized carbons (Fsp3) is 0.273. The van der Waals surface area contributed by atoms with Crippen molar-refractivity contribution in [1.29, 1.82) is 5.41 Å². The molecule has 168 valence electrons. The molecule has 10 heteroatoms. The molecule has 0 fully saturated rings. The van der Waals surface area contributed by atoms with E-state index in [4.69, 9.17) is 16.2 Å². The summed E-state index contributed by atoms with van der Waals surface area (Å²) in [5, 5.41) is 21.3. The normalized spacial score (nSPS) is 10.9. The van der Waals surface area contributed by atoms with E-state index in [0.29, 0.717) is 42.6 Å². The van der Waals surface area contributed by atoms with Crippen molar-refractivity contribution >= 4 is 35.0 Å². The smallest absolute Gasteiger partial charge is 0.163 e. The van der Waals surface area contributed by atoms with Crippen LogP contribution in [0.2, 0.25) is 0 Å². The van der Waals surface area contributed by atoms with Gasteiger partial charge in [-0.1, -0.05) is 6.07 Å². The van der Waals surface area contributed by atoms with Crippen molar-refractivity contribution in [1.82, 2.24) is 19.9 Å². The van der Waals surface area contributed by atoms with Crippen molar-refractivity contribution in [2.75, 3.05) is 49.1 Å². The molecule has 3 aromatic rings. The zero-order valence-electron chi connectivity index (χ0n) is 18.2. The van der Waals surface area contributed by atoms with Gasteiger partial charge in [0.2, 0.25) is 0 Å². The van der Waals surface area contributed by atoms with Crippen LogP contribution in [0.3, 0.4) is 0 Å². The Morgan fingerprint density at radius 3 is 2.59 bits per heavy atom. The number of benzene rings is 1. The minimum Gasteiger partial charge on any atom is -0.395 e. The van der Waals surface area contributed by atoms with Crippen molar-refractivity contribution in [2.45, 2.75) is 11.9 Å². The maximum atomic E-state index is 9.04. The number of likely N-dealkylation sites (N-methyl/N-ethyl adjacent to an activating group) is 1. The monoisotopic (exact) mass is 452 g/mol. The molecule has 0 bridgehead atoms. The standard InChI is InChI=1S/C22H28N8OS/c1-15(23)19-20(24)27-21(28-22(19)26-11-12-30(2)13-14-31)16-6-8-17(9-7-16)29-32-18-5-3-4-10-25-18/h3-10,23,29,31H,11-14H2,1-2H3,(H3,24,26,27,28). The van der Waals surface area contributed by atoms with E-state index in [1.54, 1.807) is 13.1 Å². The second-order valence-electron chi connectivity index (χ2n) is 7.18. The Bertz CT molecular complexity index is 1030. The van der Waals surface area contributed by atoms with Gasteiger partial charge in [0.25, 0.3) is 0 Å². The first kappa shape index (κ1) is 23.5. The highest BCUT2D eigenvalue weighted by molar-refractivity contribution is 8.00. The first-order valence-electron chi connectivity index (χ1n) is 10.2. The van der Waals surface area contributed by atoms with Crippen LogP contribution in [0, 0.1) is 5.41 Å². The molecule has 0 aliphatic carbocycles. The molecule has 2 heterocycles. The van der Waals surface area contributed by atoms with E-state index < -0.39 is 0 Å². The zero-order valence-corrected chi connectivity index (χ0v) is 19.0. The molecule has 0 atom stereocenters. The summed E-state index contributed by atoms with van der Waals surface area (Å²) in [4.78, 5) is 15.3. The van der Waals surface area contributed by atoms with Gasteiger partial charge < -0.3 is 31.2 Å². The predicted octanol–water partition coefficient (Wildman–Crippen LogP) is 2.96. The molecule has 3 rings (SSSR count). The van der Waals surface area contributed by atoms with Gasteiger partial charge in [0.1, 0.15) is 16.7 Å². The number of hydrogen-bond donors (Lipinski definition) is 5. The van der Waals surface area contributed by atoms with E-state index in [2.05, 4.69) is 25.0 Å². The van der Waals surface area contributed by atoms with Gasteiger partial charge in [-0.2, -0.15) is 0 Å². The van der Waals surface area contributed by atoms with E-state index >= 15 is 0 Å². The molecule has 32 heavy (non-hydrogen) atoms.